The number of Topliss-reactive ketones (excluding diaryl/α,β-unsaturated/α-hetero) is 1. The first-order valence-corrected chi connectivity index (χ1v) is 7.89. The number of hydrogen-bond acceptors (Lipinski definition) is 3. The topological polar surface area (TPSA) is 75.3 Å². The molecule has 2 aromatic rings. The van der Waals surface area contributed by atoms with Gasteiger partial charge in [-0.05, 0) is 37.3 Å². The van der Waals surface area contributed by atoms with Crippen molar-refractivity contribution < 1.29 is 18.8 Å². The molecule has 2 rings (SSSR count). The first-order valence-electron chi connectivity index (χ1n) is 7.51. The molecule has 2 amide bonds. The van der Waals surface area contributed by atoms with E-state index in [0.29, 0.717) is 11.3 Å². The Bertz CT molecular complexity index is 824. The predicted octanol–water partition coefficient (Wildman–Crippen LogP) is 3.44. The van der Waals surface area contributed by atoms with E-state index in [2.05, 4.69) is 10.6 Å². The van der Waals surface area contributed by atoms with Gasteiger partial charge in [0.15, 0.2) is 5.78 Å². The maximum atomic E-state index is 13.0. The fourth-order valence-electron chi connectivity index (χ4n) is 2.17. The van der Waals surface area contributed by atoms with Crippen LogP contribution in [0.5, 0.6) is 0 Å². The minimum atomic E-state index is -0.537. The van der Waals surface area contributed by atoms with Crippen LogP contribution < -0.4 is 10.6 Å². The van der Waals surface area contributed by atoms with Crippen molar-refractivity contribution in [2.24, 2.45) is 0 Å². The van der Waals surface area contributed by atoms with Gasteiger partial charge in [0.05, 0.1) is 16.3 Å². The second-order valence-electron chi connectivity index (χ2n) is 5.28. The molecule has 0 saturated carbocycles. The number of nitrogens with one attached hydrogen (secondary N) is 2. The van der Waals surface area contributed by atoms with Gasteiger partial charge in [-0.1, -0.05) is 23.7 Å². The highest BCUT2D eigenvalue weighted by Crippen LogP contribution is 2.17. The van der Waals surface area contributed by atoms with Crippen LogP contribution in [0.15, 0.2) is 42.5 Å². The molecule has 130 valence electrons. The molecule has 0 aliphatic carbocycles. The Morgan fingerprint density at radius 3 is 2.48 bits per heavy atom. The van der Waals surface area contributed by atoms with E-state index in [4.69, 9.17) is 11.6 Å². The van der Waals surface area contributed by atoms with E-state index < -0.39 is 11.7 Å². The molecule has 0 unspecified atom stereocenters. The Morgan fingerprint density at radius 1 is 1.08 bits per heavy atom. The van der Waals surface area contributed by atoms with Gasteiger partial charge < -0.3 is 10.6 Å². The first kappa shape index (κ1) is 18.6. The van der Waals surface area contributed by atoms with Gasteiger partial charge in [0.2, 0.25) is 5.91 Å². The highest BCUT2D eigenvalue weighted by atomic mass is 35.5. The third-order valence-corrected chi connectivity index (χ3v) is 3.71. The summed E-state index contributed by atoms with van der Waals surface area (Å²) in [5.41, 5.74) is 0.969. The number of halogens is 2. The van der Waals surface area contributed by atoms with Crippen molar-refractivity contribution in [2.45, 2.75) is 13.3 Å². The van der Waals surface area contributed by atoms with E-state index in [0.717, 1.165) is 12.1 Å². The molecule has 0 spiro atoms. The maximum absolute atomic E-state index is 13.0. The van der Waals surface area contributed by atoms with Crippen LogP contribution in [0, 0.1) is 5.82 Å². The Kier molecular flexibility index (Phi) is 6.25. The van der Waals surface area contributed by atoms with E-state index in [1.807, 2.05) is 0 Å². The van der Waals surface area contributed by atoms with Crippen LogP contribution >= 0.6 is 11.6 Å². The SMILES string of the molecule is CC(=O)c1ccccc1NC(=O)CCNC(=O)c1ccc(F)cc1Cl. The van der Waals surface area contributed by atoms with Crippen molar-refractivity contribution >= 4 is 34.9 Å². The molecule has 0 saturated heterocycles. The highest BCUT2D eigenvalue weighted by Gasteiger charge is 2.12. The van der Waals surface area contributed by atoms with Crippen molar-refractivity contribution in [1.29, 1.82) is 0 Å². The molecule has 0 aliphatic rings. The summed E-state index contributed by atoms with van der Waals surface area (Å²) in [7, 11) is 0. The predicted molar refractivity (Wildman–Crippen MR) is 93.4 cm³/mol. The molecule has 7 heteroatoms. The van der Waals surface area contributed by atoms with Gasteiger partial charge >= 0.3 is 0 Å². The van der Waals surface area contributed by atoms with E-state index in [9.17, 15) is 18.8 Å². The van der Waals surface area contributed by atoms with Crippen LogP contribution in [0.1, 0.15) is 34.1 Å². The number of hydrogen-bond donors (Lipinski definition) is 2. The molecule has 2 aromatic carbocycles. The molecule has 2 N–H and O–H groups in total. The quantitative estimate of drug-likeness (QED) is 0.773. The summed E-state index contributed by atoms with van der Waals surface area (Å²) in [5.74, 6) is -1.54. The average molecular weight is 363 g/mol. The first-order chi connectivity index (χ1) is 11.9. The number of carbonyl (C=O) groups excluding carboxylic acids is 3. The monoisotopic (exact) mass is 362 g/mol. The summed E-state index contributed by atoms with van der Waals surface area (Å²) < 4.78 is 13.0. The van der Waals surface area contributed by atoms with Crippen molar-refractivity contribution in [2.75, 3.05) is 11.9 Å². The molecule has 0 aliphatic heterocycles. The number of amides is 2. The second-order valence-corrected chi connectivity index (χ2v) is 5.69. The van der Waals surface area contributed by atoms with Crippen LogP contribution in [0.4, 0.5) is 10.1 Å². The Balaban J connectivity index is 1.88. The minimum absolute atomic E-state index is 0.00247. The number of benzene rings is 2. The summed E-state index contributed by atoms with van der Waals surface area (Å²) in [6, 6.07) is 10.1. The number of para-hydroxylation sites is 1. The second kappa shape index (κ2) is 8.39. The lowest BCUT2D eigenvalue weighted by molar-refractivity contribution is -0.116. The average Bonchev–Trinajstić information content (AvgIpc) is 2.54. The van der Waals surface area contributed by atoms with Crippen molar-refractivity contribution in [3.8, 4) is 0 Å². The lowest BCUT2D eigenvalue weighted by atomic mass is 10.1. The molecule has 0 fully saturated rings. The fraction of sp³-hybridized carbons (Fsp3) is 0.167. The molecular weight excluding hydrogens is 347 g/mol. The maximum Gasteiger partial charge on any atom is 0.252 e. The summed E-state index contributed by atoms with van der Waals surface area (Å²) in [5, 5.41) is 5.17. The molecule has 25 heavy (non-hydrogen) atoms. The van der Waals surface area contributed by atoms with Crippen molar-refractivity contribution in [3.63, 3.8) is 0 Å². The van der Waals surface area contributed by atoms with Gasteiger partial charge in [-0.25, -0.2) is 4.39 Å². The fourth-order valence-corrected chi connectivity index (χ4v) is 2.42. The lowest BCUT2D eigenvalue weighted by Gasteiger charge is -2.10. The lowest BCUT2D eigenvalue weighted by Crippen LogP contribution is -2.28. The van der Waals surface area contributed by atoms with Gasteiger partial charge in [-0.15, -0.1) is 0 Å². The van der Waals surface area contributed by atoms with Gasteiger partial charge in [-0.2, -0.15) is 0 Å². The molecule has 5 nitrogen and oxygen atoms in total. The number of carbonyl (C=O) groups is 3. The summed E-state index contributed by atoms with van der Waals surface area (Å²) in [4.78, 5) is 35.4. The van der Waals surface area contributed by atoms with Crippen LogP contribution in [-0.2, 0) is 4.79 Å². The zero-order valence-corrected chi connectivity index (χ0v) is 14.2. The Morgan fingerprint density at radius 2 is 1.80 bits per heavy atom. The van der Waals surface area contributed by atoms with Gasteiger partial charge in [0.1, 0.15) is 5.82 Å². The molecule has 0 radical (unpaired) electrons. The third-order valence-electron chi connectivity index (χ3n) is 3.39. The third kappa shape index (κ3) is 5.12. The number of rotatable bonds is 6. The molecular formula is C18H16ClFN2O3. The standard InChI is InChI=1S/C18H16ClFN2O3/c1-11(23)13-4-2-3-5-16(13)22-17(24)8-9-21-18(25)14-7-6-12(20)10-15(14)19/h2-7,10H,8-9H2,1H3,(H,21,25)(H,22,24). The highest BCUT2D eigenvalue weighted by molar-refractivity contribution is 6.33. The smallest absolute Gasteiger partial charge is 0.252 e. The van der Waals surface area contributed by atoms with Crippen LogP contribution in [-0.4, -0.2) is 24.1 Å². The van der Waals surface area contributed by atoms with E-state index in [1.54, 1.807) is 24.3 Å². The van der Waals surface area contributed by atoms with Gasteiger partial charge in [0.25, 0.3) is 5.91 Å². The molecule has 0 bridgehead atoms. The van der Waals surface area contributed by atoms with E-state index in [1.165, 1.54) is 13.0 Å². The summed E-state index contributed by atoms with van der Waals surface area (Å²) in [6.45, 7) is 1.48. The van der Waals surface area contributed by atoms with E-state index >= 15 is 0 Å². The van der Waals surface area contributed by atoms with Crippen LogP contribution in [0.3, 0.4) is 0 Å². The zero-order chi connectivity index (χ0) is 18.4. The van der Waals surface area contributed by atoms with E-state index in [-0.39, 0.29) is 35.2 Å². The van der Waals surface area contributed by atoms with Gasteiger partial charge in [0, 0.05) is 18.5 Å². The normalized spacial score (nSPS) is 10.2. The van der Waals surface area contributed by atoms with Gasteiger partial charge in [-0.3, -0.25) is 14.4 Å². The molecule has 0 heterocycles. The van der Waals surface area contributed by atoms with Crippen LogP contribution in [0.2, 0.25) is 5.02 Å². The summed E-state index contributed by atoms with van der Waals surface area (Å²) >= 11 is 5.81. The van der Waals surface area contributed by atoms with Crippen LogP contribution in [0.25, 0.3) is 0 Å². The zero-order valence-electron chi connectivity index (χ0n) is 13.4. The van der Waals surface area contributed by atoms with Crippen molar-refractivity contribution in [3.05, 3.63) is 64.4 Å². The summed E-state index contributed by atoms with van der Waals surface area (Å²) in [6.07, 6.45) is 0.0107. The van der Waals surface area contributed by atoms with Crippen molar-refractivity contribution in [1.82, 2.24) is 5.32 Å². The number of ketones is 1. The molecule has 0 atom stereocenters. The largest absolute Gasteiger partial charge is 0.351 e. The minimum Gasteiger partial charge on any atom is -0.351 e. The Hall–Kier alpha value is -2.73. The molecule has 0 aromatic heterocycles. The number of anilines is 1. The Labute approximate surface area is 149 Å².